The van der Waals surface area contributed by atoms with E-state index < -0.39 is 5.60 Å². The maximum Gasteiger partial charge on any atom is 0.154 e. The molecule has 0 fully saturated rings. The summed E-state index contributed by atoms with van der Waals surface area (Å²) in [7, 11) is 0. The molecule has 0 heterocycles. The van der Waals surface area contributed by atoms with E-state index in [1.807, 2.05) is 57.2 Å². The SMILES string of the molecule is CC(C)CC(OOC(C)(C)C)(c1ccccc1)c1ccccc1. The Morgan fingerprint density at radius 3 is 1.52 bits per heavy atom. The van der Waals surface area contributed by atoms with E-state index in [1.165, 1.54) is 0 Å². The van der Waals surface area contributed by atoms with E-state index in [1.54, 1.807) is 0 Å². The summed E-state index contributed by atoms with van der Waals surface area (Å²) in [6, 6.07) is 20.7. The molecule has 2 heteroatoms. The average Bonchev–Trinajstić information content (AvgIpc) is 2.52. The Balaban J connectivity index is 2.54. The molecule has 124 valence electrons. The summed E-state index contributed by atoms with van der Waals surface area (Å²) in [5.74, 6) is 0.457. The largest absolute Gasteiger partial charge is 0.230 e. The van der Waals surface area contributed by atoms with Gasteiger partial charge in [-0.3, -0.25) is 0 Å². The Labute approximate surface area is 140 Å². The zero-order valence-corrected chi connectivity index (χ0v) is 14.9. The predicted molar refractivity (Wildman–Crippen MR) is 95.0 cm³/mol. The Hall–Kier alpha value is -1.64. The summed E-state index contributed by atoms with van der Waals surface area (Å²) in [5, 5.41) is 0. The van der Waals surface area contributed by atoms with Gasteiger partial charge in [-0.15, -0.1) is 0 Å². The van der Waals surface area contributed by atoms with Crippen molar-refractivity contribution in [2.24, 2.45) is 5.92 Å². The van der Waals surface area contributed by atoms with Crippen LogP contribution in [0.3, 0.4) is 0 Å². The van der Waals surface area contributed by atoms with Crippen molar-refractivity contribution in [3.05, 3.63) is 71.8 Å². The first kappa shape index (κ1) is 17.7. The fourth-order valence-electron chi connectivity index (χ4n) is 2.72. The van der Waals surface area contributed by atoms with E-state index in [9.17, 15) is 0 Å². The van der Waals surface area contributed by atoms with Gasteiger partial charge in [0.15, 0.2) is 5.60 Å². The van der Waals surface area contributed by atoms with Crippen LogP contribution in [-0.4, -0.2) is 5.60 Å². The van der Waals surface area contributed by atoms with Gasteiger partial charge in [-0.05, 0) is 44.2 Å². The second kappa shape index (κ2) is 7.29. The Bertz CT molecular complexity index is 543. The molecule has 2 aromatic rings. The summed E-state index contributed by atoms with van der Waals surface area (Å²) in [5.41, 5.74) is 1.25. The topological polar surface area (TPSA) is 18.5 Å². The lowest BCUT2D eigenvalue weighted by Crippen LogP contribution is -2.36. The first-order chi connectivity index (χ1) is 10.8. The minimum absolute atomic E-state index is 0.369. The molecule has 0 saturated carbocycles. The van der Waals surface area contributed by atoms with Crippen LogP contribution < -0.4 is 0 Å². The second-order valence-electron chi connectivity index (χ2n) is 7.44. The van der Waals surface area contributed by atoms with Crippen molar-refractivity contribution in [2.75, 3.05) is 0 Å². The molecular formula is C21H28O2. The van der Waals surface area contributed by atoms with Crippen LogP contribution in [0, 0.1) is 5.92 Å². The van der Waals surface area contributed by atoms with Gasteiger partial charge in [0, 0.05) is 0 Å². The monoisotopic (exact) mass is 312 g/mol. The predicted octanol–water partition coefficient (Wildman–Crippen LogP) is 5.72. The quantitative estimate of drug-likeness (QED) is 0.501. The molecule has 0 amide bonds. The number of benzene rings is 2. The average molecular weight is 312 g/mol. The summed E-state index contributed by atoms with van der Waals surface area (Å²) in [6.07, 6.45) is 0.844. The molecular weight excluding hydrogens is 284 g/mol. The van der Waals surface area contributed by atoms with Crippen LogP contribution in [0.25, 0.3) is 0 Å². The molecule has 23 heavy (non-hydrogen) atoms. The van der Waals surface area contributed by atoms with Gasteiger partial charge >= 0.3 is 0 Å². The van der Waals surface area contributed by atoms with Crippen LogP contribution in [0.5, 0.6) is 0 Å². The highest BCUT2D eigenvalue weighted by Crippen LogP contribution is 2.40. The van der Waals surface area contributed by atoms with E-state index in [0.717, 1.165) is 17.5 Å². The molecule has 2 aromatic carbocycles. The van der Waals surface area contributed by atoms with Crippen molar-refractivity contribution in [1.82, 2.24) is 0 Å². The molecule has 0 spiro atoms. The van der Waals surface area contributed by atoms with E-state index in [0.29, 0.717) is 5.92 Å². The number of rotatable bonds is 6. The van der Waals surface area contributed by atoms with Gasteiger partial charge < -0.3 is 0 Å². The third kappa shape index (κ3) is 4.66. The third-order valence-corrected chi connectivity index (χ3v) is 3.61. The third-order valence-electron chi connectivity index (χ3n) is 3.61. The van der Waals surface area contributed by atoms with Crippen molar-refractivity contribution in [2.45, 2.75) is 52.2 Å². The molecule has 0 aromatic heterocycles. The maximum atomic E-state index is 6.18. The standard InChI is InChI=1S/C21H28O2/c1-17(2)16-21(23-22-20(3,4)5,18-12-8-6-9-13-18)19-14-10-7-11-15-19/h6-15,17H,16H2,1-5H3. The van der Waals surface area contributed by atoms with Crippen molar-refractivity contribution in [3.63, 3.8) is 0 Å². The van der Waals surface area contributed by atoms with Gasteiger partial charge in [-0.1, -0.05) is 74.5 Å². The molecule has 0 bridgehead atoms. The van der Waals surface area contributed by atoms with Crippen molar-refractivity contribution >= 4 is 0 Å². The maximum absolute atomic E-state index is 6.18. The lowest BCUT2D eigenvalue weighted by Gasteiger charge is -2.37. The fourth-order valence-corrected chi connectivity index (χ4v) is 2.72. The van der Waals surface area contributed by atoms with E-state index >= 15 is 0 Å². The van der Waals surface area contributed by atoms with E-state index in [-0.39, 0.29) is 5.60 Å². The van der Waals surface area contributed by atoms with Gasteiger partial charge in [0.1, 0.15) is 0 Å². The van der Waals surface area contributed by atoms with Gasteiger partial charge in [0.05, 0.1) is 5.60 Å². The number of hydrogen-bond acceptors (Lipinski definition) is 2. The number of hydrogen-bond donors (Lipinski definition) is 0. The van der Waals surface area contributed by atoms with Crippen LogP contribution in [0.2, 0.25) is 0 Å². The van der Waals surface area contributed by atoms with Gasteiger partial charge in [0.25, 0.3) is 0 Å². The molecule has 0 N–H and O–H groups in total. The van der Waals surface area contributed by atoms with Gasteiger partial charge in [0.2, 0.25) is 0 Å². The van der Waals surface area contributed by atoms with Crippen LogP contribution in [0.15, 0.2) is 60.7 Å². The Morgan fingerprint density at radius 1 is 0.739 bits per heavy atom. The first-order valence-electron chi connectivity index (χ1n) is 8.31. The van der Waals surface area contributed by atoms with Crippen LogP contribution in [0.1, 0.15) is 52.2 Å². The lowest BCUT2D eigenvalue weighted by atomic mass is 9.80. The normalized spacial score (nSPS) is 12.6. The van der Waals surface area contributed by atoms with Crippen molar-refractivity contribution in [1.29, 1.82) is 0 Å². The molecule has 0 unspecified atom stereocenters. The molecule has 0 saturated heterocycles. The zero-order chi connectivity index (χ0) is 16.9. The molecule has 0 atom stereocenters. The first-order valence-corrected chi connectivity index (χ1v) is 8.31. The summed E-state index contributed by atoms with van der Waals surface area (Å²) >= 11 is 0. The zero-order valence-electron chi connectivity index (χ0n) is 14.9. The van der Waals surface area contributed by atoms with Gasteiger partial charge in [-0.25, -0.2) is 9.78 Å². The van der Waals surface area contributed by atoms with Crippen molar-refractivity contribution in [3.8, 4) is 0 Å². The molecule has 0 aliphatic rings. The second-order valence-corrected chi connectivity index (χ2v) is 7.44. The Morgan fingerprint density at radius 2 is 1.17 bits per heavy atom. The minimum atomic E-state index is -0.607. The Kier molecular flexibility index (Phi) is 5.61. The molecule has 0 radical (unpaired) electrons. The minimum Gasteiger partial charge on any atom is -0.230 e. The smallest absolute Gasteiger partial charge is 0.154 e. The molecule has 0 aliphatic heterocycles. The summed E-state index contributed by atoms with van der Waals surface area (Å²) in [6.45, 7) is 10.4. The van der Waals surface area contributed by atoms with Crippen LogP contribution in [0.4, 0.5) is 0 Å². The highest BCUT2D eigenvalue weighted by atomic mass is 17.2. The summed E-state index contributed by atoms with van der Waals surface area (Å²) < 4.78 is 0. The molecule has 2 rings (SSSR count). The highest BCUT2D eigenvalue weighted by molar-refractivity contribution is 5.36. The van der Waals surface area contributed by atoms with Crippen LogP contribution in [-0.2, 0) is 15.4 Å². The van der Waals surface area contributed by atoms with Crippen molar-refractivity contribution < 1.29 is 9.78 Å². The molecule has 2 nitrogen and oxygen atoms in total. The fraction of sp³-hybridized carbons (Fsp3) is 0.429. The van der Waals surface area contributed by atoms with Crippen LogP contribution >= 0.6 is 0 Å². The summed E-state index contributed by atoms with van der Waals surface area (Å²) in [4.78, 5) is 12.0. The van der Waals surface area contributed by atoms with E-state index in [2.05, 4.69) is 38.1 Å². The highest BCUT2D eigenvalue weighted by Gasteiger charge is 2.39. The van der Waals surface area contributed by atoms with Gasteiger partial charge in [-0.2, -0.15) is 0 Å². The lowest BCUT2D eigenvalue weighted by molar-refractivity contribution is -0.402. The van der Waals surface area contributed by atoms with E-state index in [4.69, 9.17) is 9.78 Å². The molecule has 0 aliphatic carbocycles.